The van der Waals surface area contributed by atoms with E-state index in [4.69, 9.17) is 15.2 Å². The Labute approximate surface area is 101 Å². The summed E-state index contributed by atoms with van der Waals surface area (Å²) in [6.45, 7) is 2.09. The molecule has 1 heterocycles. The maximum Gasteiger partial charge on any atom is 0.0700 e. The molecule has 0 saturated carbocycles. The summed E-state index contributed by atoms with van der Waals surface area (Å²) in [5.41, 5.74) is 6.51. The summed E-state index contributed by atoms with van der Waals surface area (Å²) in [5.74, 6) is 1.00. The van der Waals surface area contributed by atoms with Gasteiger partial charge in [0.05, 0.1) is 25.1 Å². The van der Waals surface area contributed by atoms with E-state index in [2.05, 4.69) is 4.98 Å². The van der Waals surface area contributed by atoms with Crippen LogP contribution < -0.4 is 5.73 Å². The SMILES string of the molecule is COCCOCCCSc1ccncc1N. The highest BCUT2D eigenvalue weighted by Gasteiger charge is 1.98. The molecule has 0 aromatic carbocycles. The van der Waals surface area contributed by atoms with Gasteiger partial charge in [-0.3, -0.25) is 4.98 Å². The monoisotopic (exact) mass is 242 g/mol. The number of nitrogens with two attached hydrogens (primary N) is 1. The third-order valence-electron chi connectivity index (χ3n) is 1.93. The molecule has 4 nitrogen and oxygen atoms in total. The van der Waals surface area contributed by atoms with Crippen LogP contribution in [-0.2, 0) is 9.47 Å². The van der Waals surface area contributed by atoms with Crippen molar-refractivity contribution in [3.8, 4) is 0 Å². The number of hydrogen-bond donors (Lipinski definition) is 1. The molecule has 0 fully saturated rings. The van der Waals surface area contributed by atoms with Crippen molar-refractivity contribution < 1.29 is 9.47 Å². The maximum atomic E-state index is 5.77. The minimum absolute atomic E-state index is 0.657. The summed E-state index contributed by atoms with van der Waals surface area (Å²) in [6, 6.07) is 1.94. The number of methoxy groups -OCH3 is 1. The van der Waals surface area contributed by atoms with Crippen molar-refractivity contribution in [2.24, 2.45) is 0 Å². The first kappa shape index (κ1) is 13.3. The number of anilines is 1. The van der Waals surface area contributed by atoms with Crippen molar-refractivity contribution in [2.75, 3.05) is 38.4 Å². The molecule has 1 aromatic rings. The van der Waals surface area contributed by atoms with Gasteiger partial charge in [0.2, 0.25) is 0 Å². The number of rotatable bonds is 8. The van der Waals surface area contributed by atoms with Crippen LogP contribution in [-0.4, -0.2) is 37.7 Å². The van der Waals surface area contributed by atoms with E-state index in [1.807, 2.05) is 6.07 Å². The van der Waals surface area contributed by atoms with Gasteiger partial charge in [-0.1, -0.05) is 0 Å². The first-order chi connectivity index (χ1) is 7.84. The molecular formula is C11H18N2O2S. The van der Waals surface area contributed by atoms with Gasteiger partial charge in [-0.2, -0.15) is 0 Å². The van der Waals surface area contributed by atoms with Gasteiger partial charge in [0.25, 0.3) is 0 Å². The molecule has 0 aliphatic rings. The summed E-state index contributed by atoms with van der Waals surface area (Å²) in [4.78, 5) is 5.04. The van der Waals surface area contributed by atoms with E-state index in [0.29, 0.717) is 13.2 Å². The Morgan fingerprint density at radius 3 is 3.00 bits per heavy atom. The van der Waals surface area contributed by atoms with E-state index >= 15 is 0 Å². The highest BCUT2D eigenvalue weighted by molar-refractivity contribution is 7.99. The van der Waals surface area contributed by atoms with Crippen molar-refractivity contribution in [2.45, 2.75) is 11.3 Å². The van der Waals surface area contributed by atoms with Crippen LogP contribution in [0.5, 0.6) is 0 Å². The molecule has 0 unspecified atom stereocenters. The second-order valence-electron chi connectivity index (χ2n) is 3.22. The molecule has 16 heavy (non-hydrogen) atoms. The summed E-state index contributed by atoms with van der Waals surface area (Å²) in [7, 11) is 1.67. The fourth-order valence-corrected chi connectivity index (χ4v) is 1.97. The van der Waals surface area contributed by atoms with E-state index in [9.17, 15) is 0 Å². The predicted octanol–water partition coefficient (Wildman–Crippen LogP) is 1.81. The number of hydrogen-bond acceptors (Lipinski definition) is 5. The van der Waals surface area contributed by atoms with Crippen LogP contribution in [0.1, 0.15) is 6.42 Å². The topological polar surface area (TPSA) is 57.4 Å². The molecule has 0 saturated heterocycles. The molecule has 90 valence electrons. The molecule has 0 bridgehead atoms. The van der Waals surface area contributed by atoms with Gasteiger partial charge in [0.1, 0.15) is 0 Å². The largest absolute Gasteiger partial charge is 0.397 e. The van der Waals surface area contributed by atoms with E-state index in [1.54, 1.807) is 31.3 Å². The molecule has 0 aliphatic carbocycles. The van der Waals surface area contributed by atoms with Crippen LogP contribution in [0.4, 0.5) is 5.69 Å². The average Bonchev–Trinajstić information content (AvgIpc) is 2.30. The van der Waals surface area contributed by atoms with Gasteiger partial charge in [-0.25, -0.2) is 0 Å². The fraction of sp³-hybridized carbons (Fsp3) is 0.545. The standard InChI is InChI=1S/C11H18N2O2S/c1-14-6-7-15-5-2-8-16-11-3-4-13-9-10(11)12/h3-4,9H,2,5-8,12H2,1H3. The number of ether oxygens (including phenoxy) is 2. The van der Waals surface area contributed by atoms with Gasteiger partial charge in [-0.15, -0.1) is 11.8 Å². The lowest BCUT2D eigenvalue weighted by molar-refractivity contribution is 0.0713. The fourth-order valence-electron chi connectivity index (χ4n) is 1.11. The Hall–Kier alpha value is -0.780. The van der Waals surface area contributed by atoms with Crippen molar-refractivity contribution in [1.29, 1.82) is 0 Å². The number of pyridine rings is 1. The van der Waals surface area contributed by atoms with Crippen molar-refractivity contribution >= 4 is 17.4 Å². The lowest BCUT2D eigenvalue weighted by Crippen LogP contribution is -2.03. The molecule has 5 heteroatoms. The van der Waals surface area contributed by atoms with Crippen molar-refractivity contribution in [3.05, 3.63) is 18.5 Å². The number of thioether (sulfide) groups is 1. The second kappa shape index (κ2) is 8.38. The Morgan fingerprint density at radius 2 is 2.25 bits per heavy atom. The van der Waals surface area contributed by atoms with Crippen molar-refractivity contribution in [1.82, 2.24) is 4.98 Å². The molecule has 0 spiro atoms. The van der Waals surface area contributed by atoms with E-state index < -0.39 is 0 Å². The Balaban J connectivity index is 2.05. The minimum Gasteiger partial charge on any atom is -0.397 e. The zero-order chi connectivity index (χ0) is 11.6. The molecule has 0 aliphatic heterocycles. The normalized spacial score (nSPS) is 10.6. The van der Waals surface area contributed by atoms with E-state index in [-0.39, 0.29) is 0 Å². The number of nitrogen functional groups attached to an aromatic ring is 1. The molecule has 0 radical (unpaired) electrons. The van der Waals surface area contributed by atoms with Crippen LogP contribution in [0, 0.1) is 0 Å². The van der Waals surface area contributed by atoms with Crippen molar-refractivity contribution in [3.63, 3.8) is 0 Å². The third kappa shape index (κ3) is 5.34. The zero-order valence-corrected chi connectivity index (χ0v) is 10.3. The van der Waals surface area contributed by atoms with Gasteiger partial charge < -0.3 is 15.2 Å². The smallest absolute Gasteiger partial charge is 0.0700 e. The Kier molecular flexibility index (Phi) is 6.96. The predicted molar refractivity (Wildman–Crippen MR) is 66.7 cm³/mol. The number of nitrogens with zero attached hydrogens (tertiary/aromatic N) is 1. The minimum atomic E-state index is 0.657. The van der Waals surface area contributed by atoms with Gasteiger partial charge in [0.15, 0.2) is 0 Å². The summed E-state index contributed by atoms with van der Waals surface area (Å²) in [6.07, 6.45) is 4.45. The summed E-state index contributed by atoms with van der Waals surface area (Å²) < 4.78 is 10.2. The third-order valence-corrected chi connectivity index (χ3v) is 3.11. The average molecular weight is 242 g/mol. The maximum absolute atomic E-state index is 5.77. The highest BCUT2D eigenvalue weighted by Crippen LogP contribution is 2.23. The van der Waals surface area contributed by atoms with Crippen LogP contribution in [0.25, 0.3) is 0 Å². The summed E-state index contributed by atoms with van der Waals surface area (Å²) >= 11 is 1.73. The van der Waals surface area contributed by atoms with Gasteiger partial charge in [-0.05, 0) is 12.5 Å². The highest BCUT2D eigenvalue weighted by atomic mass is 32.2. The molecule has 2 N–H and O–H groups in total. The molecule has 0 amide bonds. The zero-order valence-electron chi connectivity index (χ0n) is 9.52. The molecular weight excluding hydrogens is 224 g/mol. The first-order valence-electron chi connectivity index (χ1n) is 5.23. The van der Waals surface area contributed by atoms with E-state index in [0.717, 1.165) is 29.4 Å². The first-order valence-corrected chi connectivity index (χ1v) is 6.22. The van der Waals surface area contributed by atoms with Crippen LogP contribution in [0.2, 0.25) is 0 Å². The molecule has 1 aromatic heterocycles. The van der Waals surface area contributed by atoms with Crippen LogP contribution in [0.15, 0.2) is 23.4 Å². The van der Waals surface area contributed by atoms with Crippen LogP contribution >= 0.6 is 11.8 Å². The Morgan fingerprint density at radius 1 is 1.38 bits per heavy atom. The molecule has 1 rings (SSSR count). The van der Waals surface area contributed by atoms with Gasteiger partial charge in [0, 0.05) is 30.6 Å². The quantitative estimate of drug-likeness (QED) is 0.556. The van der Waals surface area contributed by atoms with Crippen LogP contribution in [0.3, 0.4) is 0 Å². The lowest BCUT2D eigenvalue weighted by Gasteiger charge is -2.05. The van der Waals surface area contributed by atoms with E-state index in [1.165, 1.54) is 0 Å². The second-order valence-corrected chi connectivity index (χ2v) is 4.36. The molecule has 0 atom stereocenters. The summed E-state index contributed by atoms with van der Waals surface area (Å²) in [5, 5.41) is 0. The lowest BCUT2D eigenvalue weighted by atomic mass is 10.4. The van der Waals surface area contributed by atoms with Gasteiger partial charge >= 0.3 is 0 Å². The Bertz CT molecular complexity index is 297. The number of aromatic nitrogens is 1.